The van der Waals surface area contributed by atoms with Gasteiger partial charge in [-0.05, 0) is 92.1 Å². The van der Waals surface area contributed by atoms with Gasteiger partial charge in [-0.2, -0.15) is 0 Å². The van der Waals surface area contributed by atoms with E-state index in [1.807, 2.05) is 36.4 Å². The topological polar surface area (TPSA) is 81.6 Å². The Morgan fingerprint density at radius 2 is 1.86 bits per heavy atom. The van der Waals surface area contributed by atoms with Gasteiger partial charge < -0.3 is 15.6 Å². The minimum atomic E-state index is 0.478. The number of nitrogens with one attached hydrogen (secondary N) is 1. The van der Waals surface area contributed by atoms with Crippen molar-refractivity contribution in [2.75, 3.05) is 11.1 Å². The average Bonchev–Trinajstić information content (AvgIpc) is 3.52. The van der Waals surface area contributed by atoms with Crippen molar-refractivity contribution in [2.45, 2.75) is 38.1 Å². The van der Waals surface area contributed by atoms with E-state index in [9.17, 15) is 0 Å². The molecule has 35 heavy (non-hydrogen) atoms. The summed E-state index contributed by atoms with van der Waals surface area (Å²) in [5.41, 5.74) is 10.3. The summed E-state index contributed by atoms with van der Waals surface area (Å²) in [5, 5.41) is 6.19. The van der Waals surface area contributed by atoms with Gasteiger partial charge in [0.2, 0.25) is 0 Å². The van der Waals surface area contributed by atoms with Crippen molar-refractivity contribution in [3.63, 3.8) is 0 Å². The molecule has 2 aromatic carbocycles. The molecule has 1 aliphatic rings. The van der Waals surface area contributed by atoms with E-state index in [4.69, 9.17) is 22.3 Å². The molecule has 6 rings (SSSR count). The van der Waals surface area contributed by atoms with Gasteiger partial charge in [0, 0.05) is 28.3 Å². The molecule has 0 amide bonds. The summed E-state index contributed by atoms with van der Waals surface area (Å²) < 4.78 is 2.29. The second-order valence-electron chi connectivity index (χ2n) is 9.45. The van der Waals surface area contributed by atoms with Gasteiger partial charge >= 0.3 is 0 Å². The molecule has 0 aliphatic heterocycles. The summed E-state index contributed by atoms with van der Waals surface area (Å²) in [7, 11) is 0. The lowest BCUT2D eigenvalue weighted by atomic mass is 9.97. The summed E-state index contributed by atoms with van der Waals surface area (Å²) in [4.78, 5) is 13.4. The van der Waals surface area contributed by atoms with Crippen molar-refractivity contribution in [1.82, 2.24) is 19.5 Å². The van der Waals surface area contributed by atoms with Gasteiger partial charge in [-0.15, -0.1) is 0 Å². The summed E-state index contributed by atoms with van der Waals surface area (Å²) in [6.45, 7) is 0. The second kappa shape index (κ2) is 9.19. The van der Waals surface area contributed by atoms with Crippen LogP contribution in [0.5, 0.6) is 0 Å². The molecule has 1 fully saturated rings. The number of aromatic nitrogens is 4. The van der Waals surface area contributed by atoms with Crippen LogP contribution < -0.4 is 11.1 Å². The van der Waals surface area contributed by atoms with Crippen molar-refractivity contribution in [2.24, 2.45) is 5.92 Å². The molecule has 2 atom stereocenters. The molecule has 7 heteroatoms. The Morgan fingerprint density at radius 1 is 1.00 bits per heavy atom. The highest BCUT2D eigenvalue weighted by atomic mass is 35.5. The number of anilines is 3. The fraction of sp³-hybridized carbons (Fsp3) is 0.250. The van der Waals surface area contributed by atoms with Crippen LogP contribution in [0, 0.1) is 5.92 Å². The first-order chi connectivity index (χ1) is 17.1. The lowest BCUT2D eigenvalue weighted by molar-refractivity contribution is 0.461. The molecular formula is C28H27ClN6. The van der Waals surface area contributed by atoms with Gasteiger partial charge in [0.15, 0.2) is 0 Å². The molecule has 5 aromatic rings. The Morgan fingerprint density at radius 3 is 2.74 bits per heavy atom. The van der Waals surface area contributed by atoms with E-state index in [2.05, 4.69) is 50.3 Å². The lowest BCUT2D eigenvalue weighted by Crippen LogP contribution is -2.06. The van der Waals surface area contributed by atoms with E-state index >= 15 is 0 Å². The standard InChI is InChI=1S/C28H27ClN6/c29-21-7-9-22(10-8-21)33-26-12-6-20-5-3-19(16-25(20)34-26)2-1-18-4-11-23(15-18)35-14-13-24-27(30)31-17-32-28(24)35/h3,5-10,12-14,16-18,23H,1-2,4,11,15H2,(H,33,34)(H2,30,31,32)/t18-,23+/m1/s1. The maximum Gasteiger partial charge on any atom is 0.145 e. The molecule has 0 radical (unpaired) electrons. The van der Waals surface area contributed by atoms with Crippen LogP contribution in [0.1, 0.15) is 37.3 Å². The Bertz CT molecular complexity index is 1490. The Labute approximate surface area is 209 Å². The van der Waals surface area contributed by atoms with Crippen LogP contribution >= 0.6 is 11.6 Å². The number of nitrogens with two attached hydrogens (primary N) is 1. The van der Waals surface area contributed by atoms with Crippen LogP contribution in [0.4, 0.5) is 17.3 Å². The number of aryl methyl sites for hydroxylation is 1. The third-order valence-electron chi connectivity index (χ3n) is 7.16. The summed E-state index contributed by atoms with van der Waals surface area (Å²) in [6.07, 6.45) is 9.52. The number of hydrogen-bond acceptors (Lipinski definition) is 5. The van der Waals surface area contributed by atoms with Gasteiger partial charge in [0.25, 0.3) is 0 Å². The number of fused-ring (bicyclic) bond motifs is 2. The SMILES string of the molecule is Nc1ncnc2c1ccn2[C@H]1CC[C@@H](CCc2ccc3ccc(Nc4ccc(Cl)cc4)nc3c2)C1. The monoisotopic (exact) mass is 482 g/mol. The molecule has 3 aromatic heterocycles. The van der Waals surface area contributed by atoms with Gasteiger partial charge in [-0.25, -0.2) is 15.0 Å². The third kappa shape index (κ3) is 4.54. The molecule has 6 nitrogen and oxygen atoms in total. The Balaban J connectivity index is 1.12. The van der Waals surface area contributed by atoms with Crippen molar-refractivity contribution in [3.05, 3.63) is 83.8 Å². The predicted molar refractivity (Wildman–Crippen MR) is 143 cm³/mol. The van der Waals surface area contributed by atoms with E-state index in [0.717, 1.165) is 44.9 Å². The highest BCUT2D eigenvalue weighted by molar-refractivity contribution is 6.30. The summed E-state index contributed by atoms with van der Waals surface area (Å²) in [5.74, 6) is 2.09. The maximum atomic E-state index is 6.02. The van der Waals surface area contributed by atoms with Gasteiger partial charge in [0.05, 0.1) is 10.9 Å². The number of nitrogen functional groups attached to an aromatic ring is 1. The van der Waals surface area contributed by atoms with Crippen LogP contribution in [0.2, 0.25) is 5.02 Å². The first-order valence-electron chi connectivity index (χ1n) is 12.1. The molecule has 3 N–H and O–H groups in total. The highest BCUT2D eigenvalue weighted by Crippen LogP contribution is 2.39. The minimum absolute atomic E-state index is 0.478. The molecule has 0 unspecified atom stereocenters. The maximum absolute atomic E-state index is 6.02. The van der Waals surface area contributed by atoms with Gasteiger partial charge in [-0.1, -0.05) is 23.7 Å². The predicted octanol–water partition coefficient (Wildman–Crippen LogP) is 6.93. The van der Waals surface area contributed by atoms with Crippen LogP contribution in [0.15, 0.2) is 73.2 Å². The third-order valence-corrected chi connectivity index (χ3v) is 7.41. The van der Waals surface area contributed by atoms with E-state index in [1.165, 1.54) is 31.2 Å². The first-order valence-corrected chi connectivity index (χ1v) is 12.5. The number of nitrogens with zero attached hydrogens (tertiary/aromatic N) is 4. The van der Waals surface area contributed by atoms with E-state index in [0.29, 0.717) is 17.8 Å². The van der Waals surface area contributed by atoms with Crippen LogP contribution in [-0.4, -0.2) is 19.5 Å². The molecular weight excluding hydrogens is 456 g/mol. The van der Waals surface area contributed by atoms with Crippen LogP contribution in [0.25, 0.3) is 21.9 Å². The number of hydrogen-bond donors (Lipinski definition) is 2. The molecule has 0 saturated heterocycles. The van der Waals surface area contributed by atoms with E-state index < -0.39 is 0 Å². The molecule has 176 valence electrons. The molecule has 3 heterocycles. The van der Waals surface area contributed by atoms with Crippen molar-refractivity contribution in [3.8, 4) is 0 Å². The van der Waals surface area contributed by atoms with Crippen LogP contribution in [-0.2, 0) is 6.42 Å². The Hall–Kier alpha value is -3.64. The van der Waals surface area contributed by atoms with Gasteiger partial charge in [0.1, 0.15) is 23.6 Å². The average molecular weight is 483 g/mol. The van der Waals surface area contributed by atoms with Crippen LogP contribution in [0.3, 0.4) is 0 Å². The minimum Gasteiger partial charge on any atom is -0.383 e. The molecule has 1 saturated carbocycles. The van der Waals surface area contributed by atoms with E-state index in [1.54, 1.807) is 6.33 Å². The van der Waals surface area contributed by atoms with E-state index in [-0.39, 0.29) is 0 Å². The molecule has 0 bridgehead atoms. The fourth-order valence-corrected chi connectivity index (χ4v) is 5.41. The number of pyridine rings is 1. The lowest BCUT2D eigenvalue weighted by Gasteiger charge is -2.14. The molecule has 0 spiro atoms. The largest absolute Gasteiger partial charge is 0.383 e. The zero-order valence-corrected chi connectivity index (χ0v) is 20.1. The van der Waals surface area contributed by atoms with Gasteiger partial charge in [-0.3, -0.25) is 0 Å². The summed E-state index contributed by atoms with van der Waals surface area (Å²) >= 11 is 6.00. The van der Waals surface area contributed by atoms with Crippen molar-refractivity contribution < 1.29 is 0 Å². The smallest absolute Gasteiger partial charge is 0.145 e. The zero-order chi connectivity index (χ0) is 23.8. The number of benzene rings is 2. The quantitative estimate of drug-likeness (QED) is 0.274. The normalized spacial score (nSPS) is 17.9. The highest BCUT2D eigenvalue weighted by Gasteiger charge is 2.27. The number of rotatable bonds is 6. The second-order valence-corrected chi connectivity index (χ2v) is 9.88. The fourth-order valence-electron chi connectivity index (χ4n) is 5.29. The molecule has 1 aliphatic carbocycles. The first kappa shape index (κ1) is 21.9. The van der Waals surface area contributed by atoms with Crippen molar-refractivity contribution in [1.29, 1.82) is 0 Å². The zero-order valence-electron chi connectivity index (χ0n) is 19.4. The summed E-state index contributed by atoms with van der Waals surface area (Å²) in [6, 6.07) is 20.9. The van der Waals surface area contributed by atoms with Crippen molar-refractivity contribution >= 4 is 50.9 Å². The number of halogens is 1. The Kier molecular flexibility index (Phi) is 5.74.